The molecule has 29 heavy (non-hydrogen) atoms. The number of ether oxygens (including phenoxy) is 1. The number of rotatable bonds is 4. The second-order valence-electron chi connectivity index (χ2n) is 7.71. The van der Waals surface area contributed by atoms with Crippen molar-refractivity contribution in [2.75, 3.05) is 32.2 Å². The second-order valence-corrected chi connectivity index (χ2v) is 7.71. The number of anilines is 1. The number of benzene rings is 1. The van der Waals surface area contributed by atoms with E-state index in [0.717, 1.165) is 48.6 Å². The van der Waals surface area contributed by atoms with E-state index in [2.05, 4.69) is 19.9 Å². The topological polar surface area (TPSA) is 105 Å². The molecule has 0 amide bonds. The molecule has 4 aromatic rings. The van der Waals surface area contributed by atoms with E-state index in [9.17, 15) is 4.79 Å². The molecule has 150 valence electrons. The van der Waals surface area contributed by atoms with Crippen molar-refractivity contribution in [1.82, 2.24) is 29.5 Å². The fourth-order valence-electron chi connectivity index (χ4n) is 3.78. The predicted octanol–water partition coefficient (Wildman–Crippen LogP) is 2.16. The molecule has 9 nitrogen and oxygen atoms in total. The molecule has 1 saturated heterocycles. The van der Waals surface area contributed by atoms with Crippen LogP contribution in [0.25, 0.3) is 33.6 Å². The van der Waals surface area contributed by atoms with Crippen molar-refractivity contribution < 1.29 is 4.74 Å². The number of H-pyrrole nitrogens is 2. The van der Waals surface area contributed by atoms with Crippen LogP contribution < -0.4 is 10.6 Å². The summed E-state index contributed by atoms with van der Waals surface area (Å²) in [7, 11) is 3.89. The van der Waals surface area contributed by atoms with Crippen molar-refractivity contribution in [1.29, 1.82) is 0 Å². The molecule has 0 spiro atoms. The van der Waals surface area contributed by atoms with Crippen molar-refractivity contribution in [2.45, 2.75) is 19.4 Å². The Kier molecular flexibility index (Phi) is 4.31. The Bertz CT molecular complexity index is 1230. The normalized spacial score (nSPS) is 15.4. The van der Waals surface area contributed by atoms with Gasteiger partial charge in [0.25, 0.3) is 0 Å². The van der Waals surface area contributed by atoms with E-state index in [-0.39, 0.29) is 5.69 Å². The van der Waals surface area contributed by atoms with Crippen molar-refractivity contribution >= 4 is 28.3 Å². The van der Waals surface area contributed by atoms with Crippen molar-refractivity contribution in [2.24, 2.45) is 5.92 Å². The highest BCUT2D eigenvalue weighted by molar-refractivity contribution is 5.83. The minimum Gasteiger partial charge on any atom is -0.381 e. The maximum atomic E-state index is 12.5. The maximum Gasteiger partial charge on any atom is 0.328 e. The molecular formula is C20H23N7O2. The van der Waals surface area contributed by atoms with Gasteiger partial charge in [-0.25, -0.2) is 19.7 Å². The summed E-state index contributed by atoms with van der Waals surface area (Å²) in [6.07, 6.45) is 3.60. The van der Waals surface area contributed by atoms with Crippen LogP contribution in [0.4, 0.5) is 5.95 Å². The Hall–Kier alpha value is -3.20. The van der Waals surface area contributed by atoms with Gasteiger partial charge in [0, 0.05) is 39.4 Å². The number of nitrogens with one attached hydrogen (secondary N) is 2. The fraction of sp³-hybridized carbons (Fsp3) is 0.400. The number of hydrogen-bond acceptors (Lipinski definition) is 6. The second kappa shape index (κ2) is 7.00. The van der Waals surface area contributed by atoms with Gasteiger partial charge in [0.15, 0.2) is 11.3 Å². The lowest BCUT2D eigenvalue weighted by atomic mass is 10.0. The Morgan fingerprint density at radius 2 is 2.03 bits per heavy atom. The summed E-state index contributed by atoms with van der Waals surface area (Å²) in [5.74, 6) is 1.21. The molecule has 0 unspecified atom stereocenters. The highest BCUT2D eigenvalue weighted by Crippen LogP contribution is 2.25. The van der Waals surface area contributed by atoms with Crippen LogP contribution in [0.15, 0.2) is 29.2 Å². The SMILES string of the molecule is CN(C)c1nc2cc(-c3cnc4[nH]c(=O)n(CC5CCOCC5)c4n3)ccc2[nH]1. The molecule has 4 heterocycles. The van der Waals surface area contributed by atoms with Crippen LogP contribution in [0.1, 0.15) is 12.8 Å². The summed E-state index contributed by atoms with van der Waals surface area (Å²) in [5, 5.41) is 0. The Labute approximate surface area is 166 Å². The summed E-state index contributed by atoms with van der Waals surface area (Å²) in [6.45, 7) is 2.12. The third-order valence-corrected chi connectivity index (χ3v) is 5.45. The third kappa shape index (κ3) is 3.27. The number of aromatic amines is 2. The monoisotopic (exact) mass is 393 g/mol. The summed E-state index contributed by atoms with van der Waals surface area (Å²) < 4.78 is 7.14. The van der Waals surface area contributed by atoms with E-state index >= 15 is 0 Å². The third-order valence-electron chi connectivity index (χ3n) is 5.45. The Balaban J connectivity index is 1.54. The van der Waals surface area contributed by atoms with Crippen LogP contribution in [0.5, 0.6) is 0 Å². The zero-order valence-electron chi connectivity index (χ0n) is 16.5. The number of hydrogen-bond donors (Lipinski definition) is 2. The van der Waals surface area contributed by atoms with Gasteiger partial charge in [-0.1, -0.05) is 6.07 Å². The first-order valence-electron chi connectivity index (χ1n) is 9.79. The van der Waals surface area contributed by atoms with Crippen LogP contribution in [0.2, 0.25) is 0 Å². The fourth-order valence-corrected chi connectivity index (χ4v) is 3.78. The van der Waals surface area contributed by atoms with Gasteiger partial charge in [-0.2, -0.15) is 0 Å². The molecule has 1 aromatic carbocycles. The van der Waals surface area contributed by atoms with Crippen molar-refractivity contribution in [3.8, 4) is 11.3 Å². The molecule has 0 aliphatic carbocycles. The van der Waals surface area contributed by atoms with Gasteiger partial charge in [0.1, 0.15) is 0 Å². The summed E-state index contributed by atoms with van der Waals surface area (Å²) in [6, 6.07) is 5.97. The van der Waals surface area contributed by atoms with Gasteiger partial charge >= 0.3 is 5.69 Å². The molecule has 1 fully saturated rings. The van der Waals surface area contributed by atoms with Crippen LogP contribution in [0, 0.1) is 5.92 Å². The predicted molar refractivity (Wildman–Crippen MR) is 111 cm³/mol. The molecule has 0 saturated carbocycles. The molecule has 0 bridgehead atoms. The number of aromatic nitrogens is 6. The highest BCUT2D eigenvalue weighted by atomic mass is 16.5. The van der Waals surface area contributed by atoms with Gasteiger partial charge in [-0.05, 0) is 30.9 Å². The molecule has 9 heteroatoms. The lowest BCUT2D eigenvalue weighted by Gasteiger charge is -2.21. The maximum absolute atomic E-state index is 12.5. The zero-order valence-corrected chi connectivity index (χ0v) is 16.5. The summed E-state index contributed by atoms with van der Waals surface area (Å²) in [4.78, 5) is 34.3. The van der Waals surface area contributed by atoms with E-state index in [1.807, 2.05) is 37.2 Å². The molecule has 1 aliphatic heterocycles. The van der Waals surface area contributed by atoms with Gasteiger partial charge in [-0.15, -0.1) is 0 Å². The average molecular weight is 393 g/mol. The first kappa shape index (κ1) is 17.9. The lowest BCUT2D eigenvalue weighted by Crippen LogP contribution is -2.26. The van der Waals surface area contributed by atoms with E-state index in [1.54, 1.807) is 10.8 Å². The minimum atomic E-state index is -0.165. The largest absolute Gasteiger partial charge is 0.381 e. The van der Waals surface area contributed by atoms with Gasteiger partial charge in [-0.3, -0.25) is 9.55 Å². The molecule has 0 radical (unpaired) electrons. The van der Waals surface area contributed by atoms with E-state index in [1.165, 1.54) is 0 Å². The Morgan fingerprint density at radius 1 is 1.21 bits per heavy atom. The van der Waals surface area contributed by atoms with Gasteiger partial charge in [0.05, 0.1) is 22.9 Å². The molecule has 2 N–H and O–H groups in total. The van der Waals surface area contributed by atoms with Crippen molar-refractivity contribution in [3.05, 3.63) is 34.9 Å². The van der Waals surface area contributed by atoms with Crippen molar-refractivity contribution in [3.63, 3.8) is 0 Å². The standard InChI is InChI=1S/C20H23N7O2/c1-26(2)19-23-14-4-3-13(9-15(14)24-19)16-10-21-17-18(22-16)27(20(28)25-17)11-12-5-7-29-8-6-12/h3-4,9-10,12H,5-8,11H2,1-2H3,(H,23,24)(H,21,25,28). The summed E-state index contributed by atoms with van der Waals surface area (Å²) in [5.41, 5.74) is 4.40. The molecule has 1 aliphatic rings. The lowest BCUT2D eigenvalue weighted by molar-refractivity contribution is 0.0613. The molecule has 0 atom stereocenters. The summed E-state index contributed by atoms with van der Waals surface area (Å²) >= 11 is 0. The Morgan fingerprint density at radius 3 is 2.83 bits per heavy atom. The first-order valence-corrected chi connectivity index (χ1v) is 9.79. The number of nitrogens with zero attached hydrogens (tertiary/aromatic N) is 5. The number of imidazole rings is 2. The molecule has 5 rings (SSSR count). The zero-order chi connectivity index (χ0) is 20.0. The molecular weight excluding hydrogens is 370 g/mol. The van der Waals surface area contributed by atoms with Gasteiger partial charge in [0.2, 0.25) is 5.95 Å². The molecule has 3 aromatic heterocycles. The van der Waals surface area contributed by atoms with E-state index in [0.29, 0.717) is 29.5 Å². The van der Waals surface area contributed by atoms with Crippen LogP contribution in [0.3, 0.4) is 0 Å². The highest BCUT2D eigenvalue weighted by Gasteiger charge is 2.19. The quantitative estimate of drug-likeness (QED) is 0.551. The number of fused-ring (bicyclic) bond motifs is 2. The smallest absolute Gasteiger partial charge is 0.328 e. The average Bonchev–Trinajstić information content (AvgIpc) is 3.29. The van der Waals surface area contributed by atoms with Crippen LogP contribution in [-0.4, -0.2) is 56.8 Å². The minimum absolute atomic E-state index is 0.165. The van der Waals surface area contributed by atoms with E-state index < -0.39 is 0 Å². The van der Waals surface area contributed by atoms with E-state index in [4.69, 9.17) is 9.72 Å². The first-order chi connectivity index (χ1) is 14.1. The van der Waals surface area contributed by atoms with Crippen LogP contribution >= 0.6 is 0 Å². The van der Waals surface area contributed by atoms with Crippen LogP contribution in [-0.2, 0) is 11.3 Å². The van der Waals surface area contributed by atoms with Gasteiger partial charge < -0.3 is 14.6 Å².